The Morgan fingerprint density at radius 3 is 2.21 bits per heavy atom. The minimum atomic E-state index is -4.47. The zero-order chi connectivity index (χ0) is 28.0. The summed E-state index contributed by atoms with van der Waals surface area (Å²) in [6.07, 6.45) is -0.0796. The Morgan fingerprint density at radius 1 is 0.949 bits per heavy atom. The van der Waals surface area contributed by atoms with Crippen LogP contribution in [0.5, 0.6) is 0 Å². The lowest BCUT2D eigenvalue weighted by Gasteiger charge is -2.35. The summed E-state index contributed by atoms with van der Waals surface area (Å²) in [6, 6.07) is 11.5. The largest absolute Gasteiger partial charge is 0.416 e. The van der Waals surface area contributed by atoms with Crippen LogP contribution in [0.4, 0.5) is 28.0 Å². The molecule has 0 atom stereocenters. The maximum atomic E-state index is 13.7. The van der Waals surface area contributed by atoms with Gasteiger partial charge in [0.1, 0.15) is 12.4 Å². The molecule has 2 aromatic carbocycles. The normalized spacial score (nSPS) is 14.2. The van der Waals surface area contributed by atoms with Crippen molar-refractivity contribution in [3.63, 3.8) is 0 Å². The first-order valence-electron chi connectivity index (χ1n) is 12.9. The Labute approximate surface area is 229 Å². The summed E-state index contributed by atoms with van der Waals surface area (Å²) in [5.41, 5.74) is 1.23. The summed E-state index contributed by atoms with van der Waals surface area (Å²) in [4.78, 5) is 31.3. The first-order chi connectivity index (χ1) is 18.6. The average Bonchev–Trinajstić information content (AvgIpc) is 3.32. The fourth-order valence-corrected chi connectivity index (χ4v) is 5.65. The Hall–Kier alpha value is -3.40. The van der Waals surface area contributed by atoms with Gasteiger partial charge in [0.15, 0.2) is 0 Å². The van der Waals surface area contributed by atoms with Gasteiger partial charge in [0.05, 0.1) is 12.1 Å². The third kappa shape index (κ3) is 7.81. The minimum Gasteiger partial charge on any atom is -0.332 e. The summed E-state index contributed by atoms with van der Waals surface area (Å²) in [5, 5.41) is 4.64. The molecule has 1 aromatic heterocycles. The van der Waals surface area contributed by atoms with Crippen LogP contribution in [0.1, 0.15) is 53.7 Å². The average molecular weight is 562 g/mol. The molecule has 0 aliphatic heterocycles. The van der Waals surface area contributed by atoms with Gasteiger partial charge < -0.3 is 15.1 Å². The van der Waals surface area contributed by atoms with E-state index in [4.69, 9.17) is 0 Å². The maximum absolute atomic E-state index is 13.7. The second kappa shape index (κ2) is 12.6. The summed E-state index contributed by atoms with van der Waals surface area (Å²) < 4.78 is 52.3. The molecular formula is C29H31F4N3O2S. The van der Waals surface area contributed by atoms with E-state index in [0.29, 0.717) is 6.54 Å². The summed E-state index contributed by atoms with van der Waals surface area (Å²) in [6.45, 7) is 2.38. The van der Waals surface area contributed by atoms with E-state index in [2.05, 4.69) is 5.32 Å². The smallest absolute Gasteiger partial charge is 0.332 e. The van der Waals surface area contributed by atoms with E-state index in [0.717, 1.165) is 60.2 Å². The van der Waals surface area contributed by atoms with E-state index < -0.39 is 17.8 Å². The number of carbonyl (C=O) groups excluding carboxylic acids is 2. The molecule has 0 saturated heterocycles. The number of nitrogens with zero attached hydrogens (tertiary/aromatic N) is 2. The third-order valence-corrected chi connectivity index (χ3v) is 8.00. The monoisotopic (exact) mass is 561 g/mol. The Morgan fingerprint density at radius 2 is 1.62 bits per heavy atom. The van der Waals surface area contributed by atoms with Crippen LogP contribution >= 0.6 is 11.3 Å². The van der Waals surface area contributed by atoms with Crippen LogP contribution in [-0.2, 0) is 24.1 Å². The van der Waals surface area contributed by atoms with E-state index in [1.807, 2.05) is 18.4 Å². The topological polar surface area (TPSA) is 52.7 Å². The van der Waals surface area contributed by atoms with Gasteiger partial charge in [0, 0.05) is 23.2 Å². The number of amides is 3. The molecule has 1 heterocycles. The van der Waals surface area contributed by atoms with Gasteiger partial charge in [-0.1, -0.05) is 31.4 Å². The fourth-order valence-electron chi connectivity index (χ4n) is 4.72. The first-order valence-corrected chi connectivity index (χ1v) is 13.8. The molecule has 5 nitrogen and oxygen atoms in total. The highest BCUT2D eigenvalue weighted by molar-refractivity contribution is 7.10. The van der Waals surface area contributed by atoms with Crippen molar-refractivity contribution in [2.45, 2.75) is 64.3 Å². The van der Waals surface area contributed by atoms with E-state index >= 15 is 0 Å². The lowest BCUT2D eigenvalue weighted by atomic mass is 9.94. The first kappa shape index (κ1) is 28.6. The van der Waals surface area contributed by atoms with Crippen molar-refractivity contribution in [1.29, 1.82) is 0 Å². The second-order valence-electron chi connectivity index (χ2n) is 9.83. The van der Waals surface area contributed by atoms with Crippen molar-refractivity contribution in [3.05, 3.63) is 87.4 Å². The molecule has 4 rings (SSSR count). The van der Waals surface area contributed by atoms with Crippen LogP contribution in [0.25, 0.3) is 0 Å². The second-order valence-corrected chi connectivity index (χ2v) is 10.8. The molecule has 1 saturated carbocycles. The molecule has 0 unspecified atom stereocenters. The van der Waals surface area contributed by atoms with E-state index in [1.54, 1.807) is 17.0 Å². The Kier molecular flexibility index (Phi) is 9.27. The van der Waals surface area contributed by atoms with Crippen molar-refractivity contribution in [3.8, 4) is 0 Å². The molecule has 0 spiro atoms. The van der Waals surface area contributed by atoms with E-state index in [9.17, 15) is 27.2 Å². The van der Waals surface area contributed by atoms with Gasteiger partial charge in [-0.15, -0.1) is 11.3 Å². The lowest BCUT2D eigenvalue weighted by molar-refractivity contribution is -0.137. The molecule has 3 aromatic rings. The van der Waals surface area contributed by atoms with Crippen LogP contribution in [0.15, 0.2) is 60.0 Å². The number of thiophene rings is 1. The third-order valence-electron chi connectivity index (χ3n) is 6.99. The molecular weight excluding hydrogens is 530 g/mol. The number of anilines is 1. The summed E-state index contributed by atoms with van der Waals surface area (Å²) in [5.74, 6) is -0.630. The quantitative estimate of drug-likeness (QED) is 0.288. The van der Waals surface area contributed by atoms with Crippen LogP contribution in [0.3, 0.4) is 0 Å². The standard InChI is InChI=1S/C29H31F4N3O2S/c1-20-15-16-39-26(20)18-35(17-21-7-11-23(30)12-8-21)27(37)19-36(25-5-3-2-4-6-25)28(38)34-24-13-9-22(10-14-24)29(31,32)33/h7-16,25H,2-6,17-19H2,1H3,(H,34,38). The van der Waals surface area contributed by atoms with Crippen molar-refractivity contribution >= 4 is 29.0 Å². The number of urea groups is 1. The lowest BCUT2D eigenvalue weighted by Crippen LogP contribution is -2.49. The Bertz CT molecular complexity index is 1250. The zero-order valence-electron chi connectivity index (χ0n) is 21.6. The number of nitrogens with one attached hydrogen (secondary N) is 1. The molecule has 1 aliphatic carbocycles. The molecule has 208 valence electrons. The summed E-state index contributed by atoms with van der Waals surface area (Å²) in [7, 11) is 0. The zero-order valence-corrected chi connectivity index (χ0v) is 22.5. The van der Waals surface area contributed by atoms with Crippen LogP contribution < -0.4 is 5.32 Å². The molecule has 1 N–H and O–H groups in total. The van der Waals surface area contributed by atoms with Gasteiger partial charge in [-0.3, -0.25) is 4.79 Å². The summed E-state index contributed by atoms with van der Waals surface area (Å²) >= 11 is 1.54. The van der Waals surface area contributed by atoms with Crippen LogP contribution in [0, 0.1) is 12.7 Å². The molecule has 3 amide bonds. The van der Waals surface area contributed by atoms with E-state index in [1.165, 1.54) is 40.5 Å². The van der Waals surface area contributed by atoms with Gasteiger partial charge in [-0.25, -0.2) is 9.18 Å². The van der Waals surface area contributed by atoms with Gasteiger partial charge >= 0.3 is 12.2 Å². The van der Waals surface area contributed by atoms with Crippen LogP contribution in [0.2, 0.25) is 0 Å². The van der Waals surface area contributed by atoms with Gasteiger partial charge in [-0.05, 0) is 78.7 Å². The van der Waals surface area contributed by atoms with Crippen LogP contribution in [-0.4, -0.2) is 34.3 Å². The number of carbonyl (C=O) groups is 2. The minimum absolute atomic E-state index is 0.159. The highest BCUT2D eigenvalue weighted by atomic mass is 32.1. The molecule has 1 aliphatic rings. The van der Waals surface area contributed by atoms with Crippen molar-refractivity contribution in [1.82, 2.24) is 9.80 Å². The van der Waals surface area contributed by atoms with E-state index in [-0.39, 0.29) is 36.5 Å². The SMILES string of the molecule is Cc1ccsc1CN(Cc1ccc(F)cc1)C(=O)CN(C(=O)Nc1ccc(C(F)(F)F)cc1)C1CCCCC1. The maximum Gasteiger partial charge on any atom is 0.416 e. The molecule has 39 heavy (non-hydrogen) atoms. The highest BCUT2D eigenvalue weighted by Gasteiger charge is 2.31. The predicted octanol–water partition coefficient (Wildman–Crippen LogP) is 7.61. The fraction of sp³-hybridized carbons (Fsp3) is 0.379. The Balaban J connectivity index is 1.54. The molecule has 0 radical (unpaired) electrons. The molecule has 10 heteroatoms. The molecule has 0 bridgehead atoms. The van der Waals surface area contributed by atoms with Gasteiger partial charge in [0.25, 0.3) is 0 Å². The number of hydrogen-bond acceptors (Lipinski definition) is 3. The number of alkyl halides is 3. The number of hydrogen-bond donors (Lipinski definition) is 1. The van der Waals surface area contributed by atoms with Gasteiger partial charge in [-0.2, -0.15) is 13.2 Å². The number of benzene rings is 2. The van der Waals surface area contributed by atoms with Crippen molar-refractivity contribution < 1.29 is 27.2 Å². The molecule has 1 fully saturated rings. The number of halogens is 4. The number of rotatable bonds is 8. The highest BCUT2D eigenvalue weighted by Crippen LogP contribution is 2.30. The van der Waals surface area contributed by atoms with Crippen molar-refractivity contribution in [2.75, 3.05) is 11.9 Å². The van der Waals surface area contributed by atoms with Gasteiger partial charge in [0.2, 0.25) is 5.91 Å². The van der Waals surface area contributed by atoms with Crippen molar-refractivity contribution in [2.24, 2.45) is 0 Å². The number of aryl methyl sites for hydroxylation is 1. The predicted molar refractivity (Wildman–Crippen MR) is 144 cm³/mol.